The lowest BCUT2D eigenvalue weighted by Crippen LogP contribution is -2.02. The van der Waals surface area contributed by atoms with Crippen LogP contribution < -0.4 is 0 Å². The van der Waals surface area contributed by atoms with Crippen molar-refractivity contribution in [2.75, 3.05) is 0 Å². The molecule has 2 aromatic rings. The highest BCUT2D eigenvalue weighted by atomic mass is 35.5. The summed E-state index contributed by atoms with van der Waals surface area (Å²) in [6, 6.07) is 5.84. The predicted molar refractivity (Wildman–Crippen MR) is 73.9 cm³/mol. The van der Waals surface area contributed by atoms with Crippen molar-refractivity contribution < 1.29 is 9.90 Å². The average molecular weight is 279 g/mol. The maximum absolute atomic E-state index is 11.0. The van der Waals surface area contributed by atoms with Gasteiger partial charge in [-0.25, -0.2) is 4.79 Å². The molecule has 0 saturated heterocycles. The largest absolute Gasteiger partial charge is 0.477 e. The molecular weight excluding hydrogens is 268 g/mol. The number of benzene rings is 1. The zero-order valence-corrected chi connectivity index (χ0v) is 11.4. The van der Waals surface area contributed by atoms with Crippen LogP contribution in [0.25, 0.3) is 10.4 Å². The topological polar surface area (TPSA) is 37.3 Å². The third-order valence-electron chi connectivity index (χ3n) is 3.35. The second-order valence-electron chi connectivity index (χ2n) is 4.49. The molecule has 0 saturated carbocycles. The monoisotopic (exact) mass is 278 g/mol. The summed E-state index contributed by atoms with van der Waals surface area (Å²) in [4.78, 5) is 12.5. The van der Waals surface area contributed by atoms with Crippen molar-refractivity contribution >= 4 is 28.9 Å². The van der Waals surface area contributed by atoms with E-state index in [1.807, 2.05) is 13.0 Å². The van der Waals surface area contributed by atoms with Crippen LogP contribution in [0.15, 0.2) is 18.2 Å². The molecule has 18 heavy (non-hydrogen) atoms. The van der Waals surface area contributed by atoms with Gasteiger partial charge in [0.05, 0.1) is 0 Å². The van der Waals surface area contributed by atoms with Crippen molar-refractivity contribution in [1.29, 1.82) is 0 Å². The van der Waals surface area contributed by atoms with Crippen LogP contribution in [0.3, 0.4) is 0 Å². The van der Waals surface area contributed by atoms with E-state index in [1.54, 1.807) is 6.07 Å². The van der Waals surface area contributed by atoms with Gasteiger partial charge >= 0.3 is 5.97 Å². The van der Waals surface area contributed by atoms with Crippen molar-refractivity contribution in [2.24, 2.45) is 0 Å². The van der Waals surface area contributed by atoms with E-state index in [0.29, 0.717) is 4.88 Å². The minimum absolute atomic E-state index is 0.407. The Morgan fingerprint density at radius 2 is 2.17 bits per heavy atom. The molecule has 1 N–H and O–H groups in total. The van der Waals surface area contributed by atoms with Crippen molar-refractivity contribution in [3.05, 3.63) is 44.8 Å². The highest BCUT2D eigenvalue weighted by Gasteiger charge is 2.23. The first-order valence-corrected chi connectivity index (χ1v) is 6.91. The van der Waals surface area contributed by atoms with Crippen LogP contribution in [0.1, 0.15) is 26.4 Å². The number of rotatable bonds is 1. The SMILES string of the molecule is Cc1ccc2c(c1Cl)CCc1cc(C(=O)O)sc1-2. The number of carboxylic acid groups (broad SMARTS) is 1. The van der Waals surface area contributed by atoms with Gasteiger partial charge < -0.3 is 5.11 Å². The first-order chi connectivity index (χ1) is 8.58. The molecule has 1 aliphatic rings. The summed E-state index contributed by atoms with van der Waals surface area (Å²) in [7, 11) is 0. The molecule has 0 unspecified atom stereocenters. The van der Waals surface area contributed by atoms with Crippen LogP contribution in [-0.4, -0.2) is 11.1 Å². The second-order valence-corrected chi connectivity index (χ2v) is 5.92. The van der Waals surface area contributed by atoms with Crippen molar-refractivity contribution in [3.8, 4) is 10.4 Å². The maximum atomic E-state index is 11.0. The number of halogens is 1. The van der Waals surface area contributed by atoms with Crippen LogP contribution in [-0.2, 0) is 12.8 Å². The number of hydrogen-bond acceptors (Lipinski definition) is 2. The molecule has 0 spiro atoms. The summed E-state index contributed by atoms with van der Waals surface area (Å²) in [6.45, 7) is 2.00. The Hall–Kier alpha value is -1.32. The van der Waals surface area contributed by atoms with Gasteiger partial charge in [0.2, 0.25) is 0 Å². The van der Waals surface area contributed by atoms with Crippen LogP contribution in [0.5, 0.6) is 0 Å². The molecule has 0 amide bonds. The Balaban J connectivity index is 2.23. The molecular formula is C14H11ClO2S. The predicted octanol–water partition coefficient (Wildman–Crippen LogP) is 4.17. The van der Waals surface area contributed by atoms with Crippen LogP contribution in [0.4, 0.5) is 0 Å². The molecule has 0 bridgehead atoms. The average Bonchev–Trinajstić information content (AvgIpc) is 2.77. The van der Waals surface area contributed by atoms with Gasteiger partial charge in [-0.2, -0.15) is 0 Å². The summed E-state index contributed by atoms with van der Waals surface area (Å²) in [5.41, 5.74) is 4.46. The standard InChI is InChI=1S/C14H11ClO2S/c1-7-2-4-10-9(12(7)15)5-3-8-6-11(14(16)17)18-13(8)10/h2,4,6H,3,5H2,1H3,(H,16,17). The summed E-state index contributed by atoms with van der Waals surface area (Å²) >= 11 is 7.68. The Morgan fingerprint density at radius 3 is 2.89 bits per heavy atom. The van der Waals surface area contributed by atoms with E-state index < -0.39 is 5.97 Å². The molecule has 0 fully saturated rings. The molecule has 4 heteroatoms. The molecule has 1 aliphatic carbocycles. The zero-order valence-electron chi connectivity index (χ0n) is 9.79. The Morgan fingerprint density at radius 1 is 1.39 bits per heavy atom. The van der Waals surface area contributed by atoms with Gasteiger partial charge in [0.25, 0.3) is 0 Å². The van der Waals surface area contributed by atoms with Crippen LogP contribution in [0, 0.1) is 6.92 Å². The van der Waals surface area contributed by atoms with Gasteiger partial charge in [-0.3, -0.25) is 0 Å². The number of thiophene rings is 1. The summed E-state index contributed by atoms with van der Waals surface area (Å²) < 4.78 is 0. The lowest BCUT2D eigenvalue weighted by Gasteiger charge is -2.18. The maximum Gasteiger partial charge on any atom is 0.345 e. The van der Waals surface area contributed by atoms with Crippen LogP contribution >= 0.6 is 22.9 Å². The zero-order chi connectivity index (χ0) is 12.9. The normalized spacial score (nSPS) is 13.0. The summed E-state index contributed by atoms with van der Waals surface area (Å²) in [5, 5.41) is 9.89. The number of aryl methyl sites for hydroxylation is 2. The van der Waals surface area contributed by atoms with Gasteiger partial charge in [-0.15, -0.1) is 11.3 Å². The van der Waals surface area contributed by atoms with Crippen molar-refractivity contribution in [2.45, 2.75) is 19.8 Å². The van der Waals surface area contributed by atoms with E-state index in [-0.39, 0.29) is 0 Å². The van der Waals surface area contributed by atoms with E-state index in [2.05, 4.69) is 6.07 Å². The van der Waals surface area contributed by atoms with E-state index in [1.165, 1.54) is 11.3 Å². The van der Waals surface area contributed by atoms with Gasteiger partial charge in [0.15, 0.2) is 0 Å². The second kappa shape index (κ2) is 4.11. The Labute approximate surface area is 114 Å². The lowest BCUT2D eigenvalue weighted by atomic mass is 9.90. The number of aromatic carboxylic acids is 1. The Bertz CT molecular complexity index is 658. The summed E-state index contributed by atoms with van der Waals surface area (Å²) in [5.74, 6) is -0.853. The molecule has 1 aromatic carbocycles. The molecule has 0 radical (unpaired) electrons. The quantitative estimate of drug-likeness (QED) is 0.850. The molecule has 92 valence electrons. The molecule has 1 aromatic heterocycles. The van der Waals surface area contributed by atoms with E-state index in [9.17, 15) is 4.79 Å². The van der Waals surface area contributed by atoms with Crippen LogP contribution in [0.2, 0.25) is 5.02 Å². The molecule has 3 rings (SSSR count). The minimum Gasteiger partial charge on any atom is -0.477 e. The summed E-state index contributed by atoms with van der Waals surface area (Å²) in [6.07, 6.45) is 1.76. The van der Waals surface area contributed by atoms with E-state index >= 15 is 0 Å². The highest BCUT2D eigenvalue weighted by molar-refractivity contribution is 7.17. The number of carboxylic acids is 1. The molecule has 1 heterocycles. The Kier molecular flexibility index (Phi) is 2.68. The van der Waals surface area contributed by atoms with Gasteiger partial charge in [-0.1, -0.05) is 23.7 Å². The first-order valence-electron chi connectivity index (χ1n) is 5.72. The first kappa shape index (κ1) is 11.8. The molecule has 2 nitrogen and oxygen atoms in total. The smallest absolute Gasteiger partial charge is 0.345 e. The minimum atomic E-state index is -0.853. The van der Waals surface area contributed by atoms with E-state index in [0.717, 1.165) is 45.0 Å². The number of carbonyl (C=O) groups is 1. The number of hydrogen-bond donors (Lipinski definition) is 1. The third-order valence-corrected chi connectivity index (χ3v) is 5.07. The highest BCUT2D eigenvalue weighted by Crippen LogP contribution is 2.42. The molecule has 0 atom stereocenters. The fourth-order valence-electron chi connectivity index (χ4n) is 2.40. The van der Waals surface area contributed by atoms with Crippen molar-refractivity contribution in [3.63, 3.8) is 0 Å². The fraction of sp³-hybridized carbons (Fsp3) is 0.214. The number of fused-ring (bicyclic) bond motifs is 3. The fourth-order valence-corrected chi connectivity index (χ4v) is 3.76. The van der Waals surface area contributed by atoms with Gasteiger partial charge in [0, 0.05) is 9.90 Å². The van der Waals surface area contributed by atoms with Gasteiger partial charge in [0.1, 0.15) is 4.88 Å². The third kappa shape index (κ3) is 1.66. The van der Waals surface area contributed by atoms with Gasteiger partial charge in [-0.05, 0) is 48.1 Å². The van der Waals surface area contributed by atoms with Crippen molar-refractivity contribution in [1.82, 2.24) is 0 Å². The van der Waals surface area contributed by atoms with E-state index in [4.69, 9.17) is 16.7 Å². The lowest BCUT2D eigenvalue weighted by molar-refractivity contribution is 0.0702. The molecule has 0 aliphatic heterocycles.